The van der Waals surface area contributed by atoms with E-state index in [1.165, 1.54) is 0 Å². The fourth-order valence-electron chi connectivity index (χ4n) is 2.44. The highest BCUT2D eigenvalue weighted by Gasteiger charge is 2.27. The largest absolute Gasteiger partial charge is 0.357 e. The van der Waals surface area contributed by atoms with E-state index >= 15 is 0 Å². The van der Waals surface area contributed by atoms with E-state index in [0.29, 0.717) is 13.1 Å². The number of anilines is 1. The first-order valence-corrected chi connectivity index (χ1v) is 7.98. The van der Waals surface area contributed by atoms with Gasteiger partial charge in [0.1, 0.15) is 6.54 Å². The standard InChI is InChI=1S/C15H26N6O/c1-4-6-7-17-15(16-5-2)20-8-9-21(14(22)12-20)13-10-18-19(3)11-13/h10-11H,4-9,12H2,1-3H3,(H,16,17). The molecule has 1 amide bonds. The number of carbonyl (C=O) groups is 1. The molecule has 1 aliphatic heterocycles. The van der Waals surface area contributed by atoms with Gasteiger partial charge in [0, 0.05) is 39.4 Å². The van der Waals surface area contributed by atoms with Crippen LogP contribution in [0, 0.1) is 0 Å². The Balaban J connectivity index is 2.00. The molecule has 2 rings (SSSR count). The molecular weight excluding hydrogens is 280 g/mol. The van der Waals surface area contributed by atoms with Gasteiger partial charge in [-0.2, -0.15) is 5.10 Å². The first-order chi connectivity index (χ1) is 10.7. The van der Waals surface area contributed by atoms with E-state index in [1.807, 2.05) is 25.1 Å². The normalized spacial score (nSPS) is 16.3. The molecule has 0 bridgehead atoms. The van der Waals surface area contributed by atoms with E-state index in [1.54, 1.807) is 15.8 Å². The lowest BCUT2D eigenvalue weighted by Crippen LogP contribution is -2.55. The minimum absolute atomic E-state index is 0.0837. The van der Waals surface area contributed by atoms with Crippen LogP contribution in [0.2, 0.25) is 0 Å². The fourth-order valence-corrected chi connectivity index (χ4v) is 2.44. The van der Waals surface area contributed by atoms with Crippen LogP contribution in [-0.2, 0) is 11.8 Å². The molecule has 1 aromatic heterocycles. The van der Waals surface area contributed by atoms with Crippen molar-refractivity contribution in [3.8, 4) is 0 Å². The second-order valence-corrected chi connectivity index (χ2v) is 5.43. The number of hydrogen-bond acceptors (Lipinski definition) is 3. The lowest BCUT2D eigenvalue weighted by Gasteiger charge is -2.35. The maximum Gasteiger partial charge on any atom is 0.246 e. The quantitative estimate of drug-likeness (QED) is 0.497. The molecule has 22 heavy (non-hydrogen) atoms. The van der Waals surface area contributed by atoms with Crippen LogP contribution in [0.4, 0.5) is 5.69 Å². The molecule has 2 heterocycles. The van der Waals surface area contributed by atoms with E-state index < -0.39 is 0 Å². The number of aliphatic imine (C=N–C) groups is 1. The van der Waals surface area contributed by atoms with Crippen LogP contribution in [0.3, 0.4) is 0 Å². The number of nitrogens with one attached hydrogen (secondary N) is 1. The van der Waals surface area contributed by atoms with Crippen molar-refractivity contribution in [2.45, 2.75) is 26.7 Å². The number of guanidine groups is 1. The van der Waals surface area contributed by atoms with Gasteiger partial charge in [-0.1, -0.05) is 13.3 Å². The van der Waals surface area contributed by atoms with Gasteiger partial charge in [0.25, 0.3) is 0 Å². The van der Waals surface area contributed by atoms with E-state index in [-0.39, 0.29) is 5.91 Å². The molecular formula is C15H26N6O. The molecule has 0 radical (unpaired) electrons. The summed E-state index contributed by atoms with van der Waals surface area (Å²) >= 11 is 0. The Hall–Kier alpha value is -2.05. The SMILES string of the molecule is CCCCN=C(NCC)N1CCN(c2cnn(C)c2)C(=O)C1. The number of carbonyl (C=O) groups excluding carboxylic acids is 1. The fraction of sp³-hybridized carbons (Fsp3) is 0.667. The summed E-state index contributed by atoms with van der Waals surface area (Å²) < 4.78 is 1.71. The Morgan fingerprint density at radius 3 is 2.82 bits per heavy atom. The number of aromatic nitrogens is 2. The Morgan fingerprint density at radius 2 is 2.23 bits per heavy atom. The average molecular weight is 306 g/mol. The molecule has 0 spiro atoms. The number of nitrogens with zero attached hydrogens (tertiary/aromatic N) is 5. The maximum atomic E-state index is 12.4. The molecule has 0 atom stereocenters. The van der Waals surface area contributed by atoms with Crippen molar-refractivity contribution in [2.75, 3.05) is 37.6 Å². The van der Waals surface area contributed by atoms with Gasteiger partial charge in [0.15, 0.2) is 5.96 Å². The summed E-state index contributed by atoms with van der Waals surface area (Å²) in [5, 5.41) is 7.41. The van der Waals surface area contributed by atoms with Crippen LogP contribution in [0.5, 0.6) is 0 Å². The van der Waals surface area contributed by atoms with Gasteiger partial charge in [0.2, 0.25) is 5.91 Å². The van der Waals surface area contributed by atoms with Gasteiger partial charge in [-0.15, -0.1) is 0 Å². The van der Waals surface area contributed by atoms with E-state index in [9.17, 15) is 4.79 Å². The highest BCUT2D eigenvalue weighted by Crippen LogP contribution is 2.16. The van der Waals surface area contributed by atoms with Crippen LogP contribution in [-0.4, -0.2) is 59.3 Å². The molecule has 1 saturated heterocycles. The number of piperazine rings is 1. The van der Waals surface area contributed by atoms with Crippen molar-refractivity contribution >= 4 is 17.6 Å². The number of rotatable bonds is 5. The molecule has 0 unspecified atom stereocenters. The average Bonchev–Trinajstić information content (AvgIpc) is 2.93. The topological polar surface area (TPSA) is 65.8 Å². The van der Waals surface area contributed by atoms with Gasteiger partial charge in [0.05, 0.1) is 11.9 Å². The molecule has 0 saturated carbocycles. The second kappa shape index (κ2) is 7.82. The predicted octanol–water partition coefficient (Wildman–Crippen LogP) is 0.834. The predicted molar refractivity (Wildman–Crippen MR) is 88.0 cm³/mol. The Labute approximate surface area is 132 Å². The number of unbranched alkanes of at least 4 members (excludes halogenated alkanes) is 1. The van der Waals surface area contributed by atoms with Gasteiger partial charge in [-0.3, -0.25) is 14.5 Å². The molecule has 1 aromatic rings. The summed E-state index contributed by atoms with van der Waals surface area (Å²) in [4.78, 5) is 20.9. The van der Waals surface area contributed by atoms with Gasteiger partial charge in [-0.25, -0.2) is 0 Å². The Morgan fingerprint density at radius 1 is 1.41 bits per heavy atom. The number of amides is 1. The molecule has 0 aliphatic carbocycles. The monoisotopic (exact) mass is 306 g/mol. The van der Waals surface area contributed by atoms with Crippen molar-refractivity contribution in [3.63, 3.8) is 0 Å². The third-order valence-electron chi connectivity index (χ3n) is 3.63. The minimum atomic E-state index is 0.0837. The zero-order chi connectivity index (χ0) is 15.9. The van der Waals surface area contributed by atoms with Crippen LogP contribution in [0.15, 0.2) is 17.4 Å². The van der Waals surface area contributed by atoms with Gasteiger partial charge in [-0.05, 0) is 13.3 Å². The number of hydrogen-bond donors (Lipinski definition) is 1. The summed E-state index contributed by atoms with van der Waals surface area (Å²) in [6.07, 6.45) is 5.79. The Bertz CT molecular complexity index is 524. The van der Waals surface area contributed by atoms with E-state index in [0.717, 1.165) is 44.1 Å². The van der Waals surface area contributed by atoms with Crippen molar-refractivity contribution in [1.29, 1.82) is 0 Å². The van der Waals surface area contributed by atoms with Crippen molar-refractivity contribution in [1.82, 2.24) is 20.0 Å². The van der Waals surface area contributed by atoms with Crippen molar-refractivity contribution < 1.29 is 4.79 Å². The second-order valence-electron chi connectivity index (χ2n) is 5.43. The molecule has 7 nitrogen and oxygen atoms in total. The zero-order valence-electron chi connectivity index (χ0n) is 13.7. The molecule has 7 heteroatoms. The van der Waals surface area contributed by atoms with Crippen molar-refractivity contribution in [3.05, 3.63) is 12.4 Å². The lowest BCUT2D eigenvalue weighted by molar-refractivity contribution is -0.120. The summed E-state index contributed by atoms with van der Waals surface area (Å²) in [5.41, 5.74) is 0.861. The Kier molecular flexibility index (Phi) is 5.80. The van der Waals surface area contributed by atoms with Gasteiger partial charge < -0.3 is 15.1 Å². The van der Waals surface area contributed by atoms with Gasteiger partial charge >= 0.3 is 0 Å². The molecule has 1 aliphatic rings. The molecule has 0 aromatic carbocycles. The zero-order valence-corrected chi connectivity index (χ0v) is 13.7. The van der Waals surface area contributed by atoms with Crippen LogP contribution in [0.25, 0.3) is 0 Å². The summed E-state index contributed by atoms with van der Waals surface area (Å²) in [5.74, 6) is 0.926. The smallest absolute Gasteiger partial charge is 0.246 e. The van der Waals surface area contributed by atoms with E-state index in [4.69, 9.17) is 0 Å². The maximum absolute atomic E-state index is 12.4. The molecule has 1 N–H and O–H groups in total. The van der Waals surface area contributed by atoms with E-state index in [2.05, 4.69) is 22.3 Å². The van der Waals surface area contributed by atoms with Crippen LogP contribution >= 0.6 is 0 Å². The van der Waals surface area contributed by atoms with Crippen LogP contribution < -0.4 is 10.2 Å². The highest BCUT2D eigenvalue weighted by molar-refractivity contribution is 5.98. The first kappa shape index (κ1) is 16.3. The number of aryl methyl sites for hydroxylation is 1. The highest BCUT2D eigenvalue weighted by atomic mass is 16.2. The van der Waals surface area contributed by atoms with Crippen molar-refractivity contribution in [2.24, 2.45) is 12.0 Å². The first-order valence-electron chi connectivity index (χ1n) is 7.98. The lowest BCUT2D eigenvalue weighted by atomic mass is 10.3. The minimum Gasteiger partial charge on any atom is -0.357 e. The van der Waals surface area contributed by atoms with Crippen LogP contribution in [0.1, 0.15) is 26.7 Å². The molecule has 1 fully saturated rings. The third-order valence-corrected chi connectivity index (χ3v) is 3.63. The molecule has 122 valence electrons. The summed E-state index contributed by atoms with van der Waals surface area (Å²) in [7, 11) is 1.86. The summed E-state index contributed by atoms with van der Waals surface area (Å²) in [6.45, 7) is 7.59. The third kappa shape index (κ3) is 3.99. The summed E-state index contributed by atoms with van der Waals surface area (Å²) in [6, 6.07) is 0.